The van der Waals surface area contributed by atoms with Gasteiger partial charge in [0.25, 0.3) is 0 Å². The van der Waals surface area contributed by atoms with E-state index in [4.69, 9.17) is 0 Å². The largest absolute Gasteiger partial charge is 0.317 e. The maximum atomic E-state index is 4.63. The molecule has 0 unspecified atom stereocenters. The molecule has 1 saturated carbocycles. The van der Waals surface area contributed by atoms with Crippen LogP contribution in [-0.4, -0.2) is 18.8 Å². The van der Waals surface area contributed by atoms with Crippen LogP contribution in [0.5, 0.6) is 0 Å². The number of piperidine rings is 1. The van der Waals surface area contributed by atoms with Crippen LogP contribution in [0.3, 0.4) is 0 Å². The van der Waals surface area contributed by atoms with Crippen LogP contribution in [0.1, 0.15) is 58.8 Å². The molecule has 0 aromatic carbocycles. The summed E-state index contributed by atoms with van der Waals surface area (Å²) in [4.78, 5) is 0. The quantitative estimate of drug-likeness (QED) is 0.701. The van der Waals surface area contributed by atoms with Crippen molar-refractivity contribution in [2.75, 3.05) is 18.8 Å². The third-order valence-electron chi connectivity index (χ3n) is 4.39. The molecule has 2 rings (SSSR count). The maximum absolute atomic E-state index is 4.63. The van der Waals surface area contributed by atoms with Gasteiger partial charge in [0.15, 0.2) is 0 Å². The molecule has 2 fully saturated rings. The van der Waals surface area contributed by atoms with Gasteiger partial charge in [-0.25, -0.2) is 0 Å². The highest BCUT2D eigenvalue weighted by Crippen LogP contribution is 2.45. The highest BCUT2D eigenvalue weighted by Gasteiger charge is 2.38. The second kappa shape index (κ2) is 7.60. The Labute approximate surface area is 107 Å². The van der Waals surface area contributed by atoms with Gasteiger partial charge >= 0.3 is 0 Å². The SMILES string of the molecule is CC.SCC1(C2CCCCC2)CCNCC1. The van der Waals surface area contributed by atoms with E-state index in [1.807, 2.05) is 13.8 Å². The van der Waals surface area contributed by atoms with Crippen molar-refractivity contribution >= 4 is 12.6 Å². The molecular formula is C14H29NS. The predicted molar refractivity (Wildman–Crippen MR) is 76.3 cm³/mol. The summed E-state index contributed by atoms with van der Waals surface area (Å²) >= 11 is 4.63. The van der Waals surface area contributed by atoms with Crippen LogP contribution in [0.4, 0.5) is 0 Å². The van der Waals surface area contributed by atoms with E-state index in [-0.39, 0.29) is 0 Å². The van der Waals surface area contributed by atoms with Crippen molar-refractivity contribution in [1.82, 2.24) is 5.32 Å². The normalized spacial score (nSPS) is 25.7. The lowest BCUT2D eigenvalue weighted by Gasteiger charge is -2.44. The van der Waals surface area contributed by atoms with Gasteiger partial charge in [0, 0.05) is 0 Å². The Morgan fingerprint density at radius 2 is 1.62 bits per heavy atom. The average molecular weight is 243 g/mol. The maximum Gasteiger partial charge on any atom is -0.00376 e. The number of hydrogen-bond donors (Lipinski definition) is 2. The van der Waals surface area contributed by atoms with Crippen LogP contribution in [0.2, 0.25) is 0 Å². The van der Waals surface area contributed by atoms with Gasteiger partial charge in [-0.05, 0) is 55.9 Å². The van der Waals surface area contributed by atoms with Gasteiger partial charge in [0.2, 0.25) is 0 Å². The molecule has 0 spiro atoms. The summed E-state index contributed by atoms with van der Waals surface area (Å²) in [5.41, 5.74) is 0.592. The second-order valence-electron chi connectivity index (χ2n) is 5.11. The third kappa shape index (κ3) is 3.40. The molecular weight excluding hydrogens is 214 g/mol. The van der Waals surface area contributed by atoms with Crippen molar-refractivity contribution < 1.29 is 0 Å². The van der Waals surface area contributed by atoms with Crippen molar-refractivity contribution in [1.29, 1.82) is 0 Å². The number of hydrogen-bond acceptors (Lipinski definition) is 2. The van der Waals surface area contributed by atoms with Crippen LogP contribution in [0.25, 0.3) is 0 Å². The molecule has 1 saturated heterocycles. The molecule has 2 aliphatic rings. The molecule has 1 aliphatic heterocycles. The first-order valence-electron chi connectivity index (χ1n) is 7.19. The lowest BCUT2D eigenvalue weighted by Crippen LogP contribution is -2.43. The Balaban J connectivity index is 0.000000606. The van der Waals surface area contributed by atoms with Crippen LogP contribution in [0, 0.1) is 11.3 Å². The van der Waals surface area contributed by atoms with E-state index in [2.05, 4.69) is 17.9 Å². The smallest absolute Gasteiger partial charge is 0.00376 e. The van der Waals surface area contributed by atoms with Crippen LogP contribution >= 0.6 is 12.6 Å². The second-order valence-corrected chi connectivity index (χ2v) is 5.42. The standard InChI is InChI=1S/C12H23NS.C2H6/c14-10-12(6-8-13-9-7-12)11-4-2-1-3-5-11;1-2/h11,13-14H,1-10H2;1-2H3. The molecule has 0 radical (unpaired) electrons. The number of thiol groups is 1. The van der Waals surface area contributed by atoms with Gasteiger partial charge in [-0.2, -0.15) is 12.6 Å². The summed E-state index contributed by atoms with van der Waals surface area (Å²) in [6, 6.07) is 0. The molecule has 0 atom stereocenters. The lowest BCUT2D eigenvalue weighted by molar-refractivity contribution is 0.101. The fourth-order valence-electron chi connectivity index (χ4n) is 3.34. The summed E-state index contributed by atoms with van der Waals surface area (Å²) in [5.74, 6) is 2.09. The zero-order valence-electron chi connectivity index (χ0n) is 11.1. The van der Waals surface area contributed by atoms with E-state index < -0.39 is 0 Å². The molecule has 16 heavy (non-hydrogen) atoms. The van der Waals surface area contributed by atoms with Crippen molar-refractivity contribution in [3.05, 3.63) is 0 Å². The molecule has 1 aliphatic carbocycles. The summed E-state index contributed by atoms with van der Waals surface area (Å²) in [6.07, 6.45) is 10.1. The van der Waals surface area contributed by atoms with E-state index in [1.54, 1.807) is 0 Å². The molecule has 96 valence electrons. The Kier molecular flexibility index (Phi) is 6.83. The van der Waals surface area contributed by atoms with Crippen LogP contribution in [0.15, 0.2) is 0 Å². The fourth-order valence-corrected chi connectivity index (χ4v) is 3.91. The first kappa shape index (κ1) is 14.4. The minimum absolute atomic E-state index is 0.592. The summed E-state index contributed by atoms with van der Waals surface area (Å²) < 4.78 is 0. The van der Waals surface area contributed by atoms with Crippen molar-refractivity contribution in [2.45, 2.75) is 58.8 Å². The van der Waals surface area contributed by atoms with E-state index in [1.165, 1.54) is 58.0 Å². The average Bonchev–Trinajstić information content (AvgIpc) is 2.43. The zero-order chi connectivity index (χ0) is 11.9. The molecule has 0 amide bonds. The van der Waals surface area contributed by atoms with Crippen LogP contribution in [-0.2, 0) is 0 Å². The van der Waals surface area contributed by atoms with E-state index in [0.717, 1.165) is 11.7 Å². The Morgan fingerprint density at radius 1 is 1.06 bits per heavy atom. The highest BCUT2D eigenvalue weighted by molar-refractivity contribution is 7.80. The Hall–Kier alpha value is 0.310. The molecule has 1 heterocycles. The van der Waals surface area contributed by atoms with Gasteiger partial charge < -0.3 is 5.32 Å². The van der Waals surface area contributed by atoms with Gasteiger partial charge in [0.1, 0.15) is 0 Å². The number of nitrogens with one attached hydrogen (secondary N) is 1. The third-order valence-corrected chi connectivity index (χ3v) is 5.02. The first-order chi connectivity index (χ1) is 7.87. The fraction of sp³-hybridized carbons (Fsp3) is 1.00. The summed E-state index contributed by atoms with van der Waals surface area (Å²) in [7, 11) is 0. The van der Waals surface area contributed by atoms with Crippen LogP contribution < -0.4 is 5.32 Å². The van der Waals surface area contributed by atoms with Gasteiger partial charge in [-0.1, -0.05) is 33.1 Å². The van der Waals surface area contributed by atoms with E-state index in [9.17, 15) is 0 Å². The van der Waals surface area contributed by atoms with Gasteiger partial charge in [-0.15, -0.1) is 0 Å². The first-order valence-corrected chi connectivity index (χ1v) is 7.82. The van der Waals surface area contributed by atoms with Crippen molar-refractivity contribution in [2.24, 2.45) is 11.3 Å². The minimum Gasteiger partial charge on any atom is -0.317 e. The topological polar surface area (TPSA) is 12.0 Å². The summed E-state index contributed by atoms with van der Waals surface area (Å²) in [5, 5.41) is 3.48. The molecule has 2 heteroatoms. The predicted octanol–water partition coefficient (Wildman–Crippen LogP) is 3.89. The monoisotopic (exact) mass is 243 g/mol. The van der Waals surface area contributed by atoms with E-state index >= 15 is 0 Å². The Morgan fingerprint density at radius 3 is 2.12 bits per heavy atom. The Bertz CT molecular complexity index is 170. The highest BCUT2D eigenvalue weighted by atomic mass is 32.1. The molecule has 0 bridgehead atoms. The zero-order valence-corrected chi connectivity index (χ0v) is 12.0. The minimum atomic E-state index is 0.592. The van der Waals surface area contributed by atoms with Crippen molar-refractivity contribution in [3.8, 4) is 0 Å². The van der Waals surface area contributed by atoms with E-state index in [0.29, 0.717) is 5.41 Å². The molecule has 0 aromatic heterocycles. The lowest BCUT2D eigenvalue weighted by atomic mass is 9.65. The molecule has 1 nitrogen and oxygen atoms in total. The van der Waals surface area contributed by atoms with Crippen molar-refractivity contribution in [3.63, 3.8) is 0 Å². The van der Waals surface area contributed by atoms with Gasteiger partial charge in [-0.3, -0.25) is 0 Å². The molecule has 0 aromatic rings. The molecule has 1 N–H and O–H groups in total. The van der Waals surface area contributed by atoms with Gasteiger partial charge in [0.05, 0.1) is 0 Å². The summed E-state index contributed by atoms with van der Waals surface area (Å²) in [6.45, 7) is 6.44. The number of rotatable bonds is 2.